The molecule has 2 aromatic carbocycles. The molecular formula is C23H24ClNO8. The zero-order valence-corrected chi connectivity index (χ0v) is 19.4. The van der Waals surface area contributed by atoms with Crippen LogP contribution in [0.2, 0.25) is 5.02 Å². The van der Waals surface area contributed by atoms with E-state index in [1.165, 1.54) is 24.3 Å². The Kier molecular flexibility index (Phi) is 7.12. The van der Waals surface area contributed by atoms with Crippen LogP contribution in [0.1, 0.15) is 56.0 Å². The van der Waals surface area contributed by atoms with Gasteiger partial charge in [-0.1, -0.05) is 11.6 Å². The van der Waals surface area contributed by atoms with Gasteiger partial charge in [-0.25, -0.2) is 4.79 Å². The van der Waals surface area contributed by atoms with Crippen molar-refractivity contribution >= 4 is 29.2 Å². The molecule has 9 nitrogen and oxygen atoms in total. The molecule has 1 heterocycles. The number of halogens is 1. The zero-order chi connectivity index (χ0) is 24.3. The minimum atomic E-state index is -0.751. The lowest BCUT2D eigenvalue weighted by atomic mass is 9.93. The summed E-state index contributed by atoms with van der Waals surface area (Å²) in [4.78, 5) is 35.5. The van der Waals surface area contributed by atoms with Gasteiger partial charge in [-0.05, 0) is 52.3 Å². The minimum Gasteiger partial charge on any atom is -0.493 e. The number of hydrogen-bond donors (Lipinski definition) is 0. The average molecular weight is 478 g/mol. The predicted molar refractivity (Wildman–Crippen MR) is 119 cm³/mol. The highest BCUT2D eigenvalue weighted by molar-refractivity contribution is 6.32. The number of carbonyl (C=O) groups excluding carboxylic acids is 2. The van der Waals surface area contributed by atoms with E-state index in [1.807, 2.05) is 0 Å². The Morgan fingerprint density at radius 1 is 1.21 bits per heavy atom. The summed E-state index contributed by atoms with van der Waals surface area (Å²) < 4.78 is 21.8. The maximum atomic E-state index is 12.3. The van der Waals surface area contributed by atoms with Crippen molar-refractivity contribution in [3.63, 3.8) is 0 Å². The van der Waals surface area contributed by atoms with Gasteiger partial charge in [-0.2, -0.15) is 0 Å². The highest BCUT2D eigenvalue weighted by atomic mass is 35.5. The third-order valence-corrected chi connectivity index (χ3v) is 4.98. The molecule has 1 aliphatic rings. The Morgan fingerprint density at radius 2 is 1.94 bits per heavy atom. The van der Waals surface area contributed by atoms with Crippen molar-refractivity contribution in [3.8, 4) is 17.2 Å². The number of fused-ring (bicyclic) bond motifs is 1. The first-order chi connectivity index (χ1) is 15.5. The fourth-order valence-electron chi connectivity index (χ4n) is 3.28. The second-order valence-corrected chi connectivity index (χ2v) is 8.71. The van der Waals surface area contributed by atoms with Crippen LogP contribution in [0.3, 0.4) is 0 Å². The van der Waals surface area contributed by atoms with E-state index in [4.69, 9.17) is 30.5 Å². The lowest BCUT2D eigenvalue weighted by Crippen LogP contribution is -2.23. The number of nitrogens with zero attached hydrogens (tertiary/aromatic N) is 1. The molecular weight excluding hydrogens is 454 g/mol. The van der Waals surface area contributed by atoms with Gasteiger partial charge in [-0.3, -0.25) is 14.9 Å². The quantitative estimate of drug-likeness (QED) is 0.307. The summed E-state index contributed by atoms with van der Waals surface area (Å²) in [6, 6.07) is 6.77. The van der Waals surface area contributed by atoms with E-state index >= 15 is 0 Å². The molecule has 33 heavy (non-hydrogen) atoms. The van der Waals surface area contributed by atoms with E-state index in [1.54, 1.807) is 27.7 Å². The average Bonchev–Trinajstić information content (AvgIpc) is 2.72. The van der Waals surface area contributed by atoms with Gasteiger partial charge in [0.05, 0.1) is 34.6 Å². The summed E-state index contributed by atoms with van der Waals surface area (Å²) in [5, 5.41) is 11.8. The van der Waals surface area contributed by atoms with Crippen LogP contribution in [0, 0.1) is 10.1 Å². The summed E-state index contributed by atoms with van der Waals surface area (Å²) in [7, 11) is 0. The Labute approximate surface area is 195 Å². The summed E-state index contributed by atoms with van der Waals surface area (Å²) in [6.07, 6.45) is 0.444. The molecule has 3 rings (SSSR count). The van der Waals surface area contributed by atoms with Crippen LogP contribution in [-0.4, -0.2) is 35.7 Å². The molecule has 0 fully saturated rings. The van der Waals surface area contributed by atoms with Gasteiger partial charge < -0.3 is 18.9 Å². The zero-order valence-electron chi connectivity index (χ0n) is 18.7. The number of nitro groups is 1. The van der Waals surface area contributed by atoms with E-state index in [-0.39, 0.29) is 34.7 Å². The Balaban J connectivity index is 1.92. The van der Waals surface area contributed by atoms with Crippen LogP contribution in [0.4, 0.5) is 5.69 Å². The molecule has 0 amide bonds. The van der Waals surface area contributed by atoms with Gasteiger partial charge in [0, 0.05) is 17.7 Å². The van der Waals surface area contributed by atoms with Crippen molar-refractivity contribution in [1.82, 2.24) is 0 Å². The van der Waals surface area contributed by atoms with E-state index in [9.17, 15) is 19.7 Å². The van der Waals surface area contributed by atoms with Crippen molar-refractivity contribution in [3.05, 3.63) is 56.6 Å². The molecule has 0 N–H and O–H groups in total. The van der Waals surface area contributed by atoms with E-state index in [0.717, 1.165) is 6.07 Å². The highest BCUT2D eigenvalue weighted by Gasteiger charge is 2.31. The number of nitro benzene ring substituents is 1. The van der Waals surface area contributed by atoms with Crippen LogP contribution in [0.25, 0.3) is 0 Å². The van der Waals surface area contributed by atoms with Crippen LogP contribution < -0.4 is 9.47 Å². The monoisotopic (exact) mass is 477 g/mol. The highest BCUT2D eigenvalue weighted by Crippen LogP contribution is 2.43. The standard InChI is InChI=1S/C23H24ClNO8/c1-5-30-22(27)14-8-9-31-19-12-20(16(24)11-15(14)19)32-18-7-6-13(10-17(18)25(28)29)21(26)33-23(2,3)4/h6-7,10-12,14H,5,8-9H2,1-4H3. The van der Waals surface area contributed by atoms with Gasteiger partial charge >= 0.3 is 17.6 Å². The van der Waals surface area contributed by atoms with Crippen molar-refractivity contribution in [1.29, 1.82) is 0 Å². The first-order valence-corrected chi connectivity index (χ1v) is 10.7. The summed E-state index contributed by atoms with van der Waals surface area (Å²) in [6.45, 7) is 7.37. The molecule has 2 aromatic rings. The third-order valence-electron chi connectivity index (χ3n) is 4.69. The van der Waals surface area contributed by atoms with Crippen LogP contribution in [0.5, 0.6) is 17.2 Å². The number of esters is 2. The summed E-state index contributed by atoms with van der Waals surface area (Å²) in [5.74, 6) is -1.23. The van der Waals surface area contributed by atoms with Crippen LogP contribution in [-0.2, 0) is 14.3 Å². The van der Waals surface area contributed by atoms with Crippen molar-refractivity contribution in [2.24, 2.45) is 0 Å². The molecule has 0 spiro atoms. The maximum Gasteiger partial charge on any atom is 0.338 e. The minimum absolute atomic E-state index is 0.0149. The molecule has 0 saturated carbocycles. The lowest BCUT2D eigenvalue weighted by molar-refractivity contribution is -0.385. The van der Waals surface area contributed by atoms with Gasteiger partial charge in [0.2, 0.25) is 5.75 Å². The fraction of sp³-hybridized carbons (Fsp3) is 0.391. The third kappa shape index (κ3) is 5.73. The van der Waals surface area contributed by atoms with Crippen LogP contribution >= 0.6 is 11.6 Å². The normalized spacial score (nSPS) is 15.1. The predicted octanol–water partition coefficient (Wildman–Crippen LogP) is 5.43. The molecule has 1 unspecified atom stereocenters. The molecule has 0 aliphatic carbocycles. The summed E-state index contributed by atoms with van der Waals surface area (Å²) in [5.41, 5.74) is -0.607. The van der Waals surface area contributed by atoms with E-state index in [0.29, 0.717) is 24.3 Å². The Hall–Kier alpha value is -3.33. The largest absolute Gasteiger partial charge is 0.493 e. The topological polar surface area (TPSA) is 114 Å². The number of ether oxygens (including phenoxy) is 4. The molecule has 0 bridgehead atoms. The smallest absolute Gasteiger partial charge is 0.338 e. The maximum absolute atomic E-state index is 12.3. The molecule has 10 heteroatoms. The molecule has 0 aromatic heterocycles. The molecule has 0 saturated heterocycles. The van der Waals surface area contributed by atoms with Gasteiger partial charge in [0.25, 0.3) is 0 Å². The van der Waals surface area contributed by atoms with Gasteiger partial charge in [0.15, 0.2) is 0 Å². The number of hydrogen-bond acceptors (Lipinski definition) is 8. The van der Waals surface area contributed by atoms with E-state index < -0.39 is 28.1 Å². The summed E-state index contributed by atoms with van der Waals surface area (Å²) >= 11 is 6.37. The van der Waals surface area contributed by atoms with Crippen molar-refractivity contribution in [2.45, 2.75) is 45.6 Å². The molecule has 0 radical (unpaired) electrons. The molecule has 1 atom stereocenters. The van der Waals surface area contributed by atoms with Crippen molar-refractivity contribution in [2.75, 3.05) is 13.2 Å². The number of carbonyl (C=O) groups is 2. The number of benzene rings is 2. The van der Waals surface area contributed by atoms with Gasteiger partial charge in [-0.15, -0.1) is 0 Å². The molecule has 176 valence electrons. The van der Waals surface area contributed by atoms with Gasteiger partial charge in [0.1, 0.15) is 17.1 Å². The Morgan fingerprint density at radius 3 is 2.58 bits per heavy atom. The van der Waals surface area contributed by atoms with Crippen molar-refractivity contribution < 1.29 is 33.5 Å². The second kappa shape index (κ2) is 9.66. The fourth-order valence-corrected chi connectivity index (χ4v) is 3.50. The first-order valence-electron chi connectivity index (χ1n) is 10.3. The first kappa shape index (κ1) is 24.3. The van der Waals surface area contributed by atoms with E-state index in [2.05, 4.69) is 0 Å². The van der Waals surface area contributed by atoms with Crippen LogP contribution in [0.15, 0.2) is 30.3 Å². The number of rotatable bonds is 6. The Bertz CT molecular complexity index is 1090. The molecule has 1 aliphatic heterocycles. The second-order valence-electron chi connectivity index (χ2n) is 8.31. The lowest BCUT2D eigenvalue weighted by Gasteiger charge is -2.25. The SMILES string of the molecule is CCOC(=O)C1CCOc2cc(Oc3ccc(C(=O)OC(C)(C)C)cc3[N+](=O)[O-])c(Cl)cc21.